The van der Waals surface area contributed by atoms with Gasteiger partial charge in [0.05, 0.1) is 7.11 Å². The van der Waals surface area contributed by atoms with Gasteiger partial charge >= 0.3 is 0 Å². The van der Waals surface area contributed by atoms with Crippen molar-refractivity contribution in [2.45, 2.75) is 39.8 Å². The molecule has 2 aromatic carbocycles. The van der Waals surface area contributed by atoms with Crippen molar-refractivity contribution in [3.05, 3.63) is 59.2 Å². The fourth-order valence-corrected chi connectivity index (χ4v) is 2.55. The lowest BCUT2D eigenvalue weighted by Crippen LogP contribution is -2.37. The molecule has 0 radical (unpaired) electrons. The number of para-hydroxylation sites is 1. The Morgan fingerprint density at radius 1 is 1.12 bits per heavy atom. The molecule has 0 saturated carbocycles. The molecular formula is C20H25NO3. The minimum atomic E-state index is -0.513. The number of amides is 1. The van der Waals surface area contributed by atoms with Crippen molar-refractivity contribution in [1.82, 2.24) is 5.32 Å². The van der Waals surface area contributed by atoms with Crippen molar-refractivity contribution in [2.24, 2.45) is 0 Å². The van der Waals surface area contributed by atoms with Gasteiger partial charge < -0.3 is 14.8 Å². The maximum atomic E-state index is 12.5. The molecule has 0 aliphatic carbocycles. The largest absolute Gasteiger partial charge is 0.496 e. The van der Waals surface area contributed by atoms with Crippen LogP contribution in [-0.4, -0.2) is 19.1 Å². The molecule has 0 aromatic heterocycles. The minimum absolute atomic E-state index is 0.122. The van der Waals surface area contributed by atoms with Crippen LogP contribution in [0.25, 0.3) is 0 Å². The van der Waals surface area contributed by atoms with Crippen LogP contribution in [0.3, 0.4) is 0 Å². The lowest BCUT2D eigenvalue weighted by molar-refractivity contribution is -0.128. The molecule has 24 heavy (non-hydrogen) atoms. The topological polar surface area (TPSA) is 47.6 Å². The molecular weight excluding hydrogens is 302 g/mol. The Balaban J connectivity index is 2.01. The molecule has 1 unspecified atom stereocenters. The Labute approximate surface area is 143 Å². The zero-order valence-corrected chi connectivity index (χ0v) is 14.8. The smallest absolute Gasteiger partial charge is 0.261 e. The van der Waals surface area contributed by atoms with E-state index < -0.39 is 6.10 Å². The number of carbonyl (C=O) groups is 1. The summed E-state index contributed by atoms with van der Waals surface area (Å²) >= 11 is 0. The fourth-order valence-electron chi connectivity index (χ4n) is 2.55. The summed E-state index contributed by atoms with van der Waals surface area (Å²) in [7, 11) is 1.62. The third-order valence-corrected chi connectivity index (χ3v) is 3.91. The van der Waals surface area contributed by atoms with E-state index in [1.165, 1.54) is 5.56 Å². The molecule has 0 heterocycles. The summed E-state index contributed by atoms with van der Waals surface area (Å²) in [4.78, 5) is 12.5. The molecule has 0 fully saturated rings. The van der Waals surface area contributed by atoms with Crippen LogP contribution < -0.4 is 14.8 Å². The highest BCUT2D eigenvalue weighted by Crippen LogP contribution is 2.21. The van der Waals surface area contributed by atoms with Gasteiger partial charge in [0, 0.05) is 12.1 Å². The Kier molecular flexibility index (Phi) is 6.24. The number of rotatable bonds is 7. The number of ether oxygens (including phenoxy) is 2. The zero-order chi connectivity index (χ0) is 17.5. The van der Waals surface area contributed by atoms with Gasteiger partial charge in [-0.3, -0.25) is 4.79 Å². The first kappa shape index (κ1) is 17.9. The molecule has 2 aromatic rings. The summed E-state index contributed by atoms with van der Waals surface area (Å²) in [6.45, 7) is 6.38. The van der Waals surface area contributed by atoms with Crippen LogP contribution in [0, 0.1) is 13.8 Å². The summed E-state index contributed by atoms with van der Waals surface area (Å²) in [5.41, 5.74) is 3.15. The summed E-state index contributed by atoms with van der Waals surface area (Å²) in [5, 5.41) is 2.93. The molecule has 0 aliphatic rings. The second-order valence-electron chi connectivity index (χ2n) is 5.81. The standard InChI is InChI=1S/C20H25NO3/c1-5-17(24-18-11-10-14(2)12-15(18)3)20(22)21-13-16-8-6-7-9-19(16)23-4/h6-12,17H,5,13H2,1-4H3,(H,21,22). The van der Waals surface area contributed by atoms with Crippen molar-refractivity contribution < 1.29 is 14.3 Å². The number of hydrogen-bond acceptors (Lipinski definition) is 3. The quantitative estimate of drug-likeness (QED) is 0.842. The Morgan fingerprint density at radius 3 is 2.54 bits per heavy atom. The van der Waals surface area contributed by atoms with Crippen LogP contribution in [0.15, 0.2) is 42.5 Å². The first-order valence-corrected chi connectivity index (χ1v) is 8.18. The second kappa shape index (κ2) is 8.39. The highest BCUT2D eigenvalue weighted by molar-refractivity contribution is 5.81. The van der Waals surface area contributed by atoms with Crippen LogP contribution in [-0.2, 0) is 11.3 Å². The van der Waals surface area contributed by atoms with Gasteiger partial charge in [0.25, 0.3) is 5.91 Å². The van der Waals surface area contributed by atoms with Crippen LogP contribution >= 0.6 is 0 Å². The Hall–Kier alpha value is -2.49. The normalized spacial score (nSPS) is 11.7. The number of carbonyl (C=O) groups excluding carboxylic acids is 1. The lowest BCUT2D eigenvalue weighted by Gasteiger charge is -2.19. The third-order valence-electron chi connectivity index (χ3n) is 3.91. The van der Waals surface area contributed by atoms with E-state index in [1.807, 2.05) is 57.2 Å². The molecule has 128 valence electrons. The summed E-state index contributed by atoms with van der Waals surface area (Å²) in [6, 6.07) is 13.6. The van der Waals surface area contributed by atoms with Gasteiger partial charge in [-0.25, -0.2) is 0 Å². The van der Waals surface area contributed by atoms with Crippen molar-refractivity contribution in [2.75, 3.05) is 7.11 Å². The number of methoxy groups -OCH3 is 1. The predicted octanol–water partition coefficient (Wildman–Crippen LogP) is 3.79. The Morgan fingerprint density at radius 2 is 1.88 bits per heavy atom. The van der Waals surface area contributed by atoms with Gasteiger partial charge in [-0.15, -0.1) is 0 Å². The molecule has 1 atom stereocenters. The molecule has 4 nitrogen and oxygen atoms in total. The maximum absolute atomic E-state index is 12.5. The van der Waals surface area contributed by atoms with E-state index in [-0.39, 0.29) is 5.91 Å². The first-order chi connectivity index (χ1) is 11.5. The van der Waals surface area contributed by atoms with Crippen molar-refractivity contribution in [1.29, 1.82) is 0 Å². The maximum Gasteiger partial charge on any atom is 0.261 e. The van der Waals surface area contributed by atoms with Gasteiger partial charge in [0.15, 0.2) is 6.10 Å². The van der Waals surface area contributed by atoms with Crippen molar-refractivity contribution in [3.8, 4) is 11.5 Å². The van der Waals surface area contributed by atoms with Crippen LogP contribution in [0.2, 0.25) is 0 Å². The molecule has 1 N–H and O–H groups in total. The van der Waals surface area contributed by atoms with Crippen molar-refractivity contribution >= 4 is 5.91 Å². The molecule has 1 amide bonds. The molecule has 2 rings (SSSR count). The lowest BCUT2D eigenvalue weighted by atomic mass is 10.1. The Bertz CT molecular complexity index is 697. The van der Waals surface area contributed by atoms with E-state index >= 15 is 0 Å². The average Bonchev–Trinajstić information content (AvgIpc) is 2.59. The first-order valence-electron chi connectivity index (χ1n) is 8.18. The number of benzene rings is 2. The zero-order valence-electron chi connectivity index (χ0n) is 14.8. The van der Waals surface area contributed by atoms with E-state index in [1.54, 1.807) is 7.11 Å². The SMILES string of the molecule is CCC(Oc1ccc(C)cc1C)C(=O)NCc1ccccc1OC. The summed E-state index contributed by atoms with van der Waals surface area (Å²) < 4.78 is 11.2. The minimum Gasteiger partial charge on any atom is -0.496 e. The predicted molar refractivity (Wildman–Crippen MR) is 95.5 cm³/mol. The summed E-state index contributed by atoms with van der Waals surface area (Å²) in [6.07, 6.45) is 0.0894. The monoisotopic (exact) mass is 327 g/mol. The van der Waals surface area contributed by atoms with Gasteiger partial charge in [-0.1, -0.05) is 42.8 Å². The van der Waals surface area contributed by atoms with Gasteiger partial charge in [0.2, 0.25) is 0 Å². The molecule has 0 spiro atoms. The highest BCUT2D eigenvalue weighted by Gasteiger charge is 2.19. The van der Waals surface area contributed by atoms with Gasteiger partial charge in [-0.2, -0.15) is 0 Å². The number of hydrogen-bond donors (Lipinski definition) is 1. The summed E-state index contributed by atoms with van der Waals surface area (Å²) in [5.74, 6) is 1.39. The highest BCUT2D eigenvalue weighted by atomic mass is 16.5. The van der Waals surface area contributed by atoms with Crippen molar-refractivity contribution in [3.63, 3.8) is 0 Å². The van der Waals surface area contributed by atoms with E-state index in [0.29, 0.717) is 13.0 Å². The number of aryl methyl sites for hydroxylation is 2. The van der Waals surface area contributed by atoms with Crippen LogP contribution in [0.4, 0.5) is 0 Å². The average molecular weight is 327 g/mol. The van der Waals surface area contributed by atoms with Crippen LogP contribution in [0.5, 0.6) is 11.5 Å². The molecule has 0 saturated heterocycles. The second-order valence-corrected chi connectivity index (χ2v) is 5.81. The molecule has 0 aliphatic heterocycles. The third kappa shape index (κ3) is 4.51. The van der Waals surface area contributed by atoms with E-state index in [4.69, 9.17) is 9.47 Å². The number of nitrogens with one attached hydrogen (secondary N) is 1. The van der Waals surface area contributed by atoms with E-state index in [0.717, 1.165) is 22.6 Å². The van der Waals surface area contributed by atoms with Gasteiger partial charge in [0.1, 0.15) is 11.5 Å². The molecule has 0 bridgehead atoms. The van der Waals surface area contributed by atoms with Crippen LogP contribution in [0.1, 0.15) is 30.0 Å². The van der Waals surface area contributed by atoms with E-state index in [2.05, 4.69) is 11.4 Å². The van der Waals surface area contributed by atoms with E-state index in [9.17, 15) is 4.79 Å². The fraction of sp³-hybridized carbons (Fsp3) is 0.350. The molecule has 4 heteroatoms. The van der Waals surface area contributed by atoms with Gasteiger partial charge in [-0.05, 0) is 38.0 Å².